The van der Waals surface area contributed by atoms with Crippen LogP contribution in [0.15, 0.2) is 71.6 Å². The number of nitrogens with zero attached hydrogens (tertiary/aromatic N) is 2. The Kier molecular flexibility index (Phi) is 10.2. The van der Waals surface area contributed by atoms with Gasteiger partial charge in [0.05, 0.1) is 10.6 Å². The number of likely N-dealkylation sites (N-methyl/N-ethyl adjacent to an activating group) is 1. The number of anilines is 1. The molecule has 0 saturated heterocycles. The summed E-state index contributed by atoms with van der Waals surface area (Å²) >= 11 is 6.05. The normalized spacial score (nSPS) is 12.1. The van der Waals surface area contributed by atoms with Gasteiger partial charge in [0.1, 0.15) is 12.6 Å². The fraction of sp³-hybridized carbons (Fsp3) is 0.333. The highest BCUT2D eigenvalue weighted by Gasteiger charge is 2.33. The second kappa shape index (κ2) is 13.1. The largest absolute Gasteiger partial charge is 0.355 e. The number of rotatable bonds is 11. The van der Waals surface area contributed by atoms with E-state index in [1.165, 1.54) is 17.0 Å². The molecule has 0 radical (unpaired) electrons. The third-order valence-corrected chi connectivity index (χ3v) is 8.71. The van der Waals surface area contributed by atoms with Crippen LogP contribution in [0.25, 0.3) is 0 Å². The third-order valence-electron chi connectivity index (χ3n) is 6.67. The van der Waals surface area contributed by atoms with Crippen molar-refractivity contribution in [3.8, 4) is 0 Å². The second-order valence-electron chi connectivity index (χ2n) is 9.56. The first-order chi connectivity index (χ1) is 18.5. The van der Waals surface area contributed by atoms with Gasteiger partial charge in [-0.05, 0) is 87.2 Å². The molecule has 3 aromatic carbocycles. The molecule has 0 unspecified atom stereocenters. The topological polar surface area (TPSA) is 86.8 Å². The first kappa shape index (κ1) is 30.2. The predicted molar refractivity (Wildman–Crippen MR) is 156 cm³/mol. The van der Waals surface area contributed by atoms with Crippen molar-refractivity contribution in [2.24, 2.45) is 0 Å². The first-order valence-corrected chi connectivity index (χ1v) is 14.8. The van der Waals surface area contributed by atoms with E-state index in [1.807, 2.05) is 40.7 Å². The monoisotopic (exact) mass is 569 g/mol. The van der Waals surface area contributed by atoms with E-state index < -0.39 is 28.5 Å². The van der Waals surface area contributed by atoms with Gasteiger partial charge in [-0.2, -0.15) is 0 Å². The molecule has 0 aliphatic heterocycles. The van der Waals surface area contributed by atoms with Crippen LogP contribution in [-0.4, -0.2) is 44.3 Å². The molecule has 0 aliphatic carbocycles. The van der Waals surface area contributed by atoms with Crippen LogP contribution < -0.4 is 9.62 Å². The number of halogens is 1. The van der Waals surface area contributed by atoms with Gasteiger partial charge in [-0.15, -0.1) is 0 Å². The zero-order chi connectivity index (χ0) is 28.7. The third kappa shape index (κ3) is 7.40. The number of carbonyl (C=O) groups is 2. The van der Waals surface area contributed by atoms with Crippen molar-refractivity contribution in [1.82, 2.24) is 10.2 Å². The van der Waals surface area contributed by atoms with Crippen molar-refractivity contribution in [1.29, 1.82) is 0 Å². The highest BCUT2D eigenvalue weighted by atomic mass is 35.5. The zero-order valence-electron chi connectivity index (χ0n) is 23.1. The summed E-state index contributed by atoms with van der Waals surface area (Å²) in [5.41, 5.74) is 3.98. The quantitative estimate of drug-likeness (QED) is 0.335. The summed E-state index contributed by atoms with van der Waals surface area (Å²) in [6, 6.07) is 18.1. The molecule has 0 spiro atoms. The molecule has 0 fully saturated rings. The average molecular weight is 570 g/mol. The summed E-state index contributed by atoms with van der Waals surface area (Å²) in [4.78, 5) is 28.5. The summed E-state index contributed by atoms with van der Waals surface area (Å²) in [6.07, 6.45) is 0.361. The lowest BCUT2D eigenvalue weighted by molar-refractivity contribution is -0.140. The van der Waals surface area contributed by atoms with Gasteiger partial charge in [0.25, 0.3) is 10.0 Å². The fourth-order valence-corrected chi connectivity index (χ4v) is 5.78. The van der Waals surface area contributed by atoms with Gasteiger partial charge in [0.15, 0.2) is 0 Å². The maximum absolute atomic E-state index is 14.0. The molecular weight excluding hydrogens is 534 g/mol. The highest BCUT2D eigenvalue weighted by molar-refractivity contribution is 7.92. The van der Waals surface area contributed by atoms with Crippen molar-refractivity contribution in [3.05, 3.63) is 94.0 Å². The van der Waals surface area contributed by atoms with E-state index in [2.05, 4.69) is 5.32 Å². The van der Waals surface area contributed by atoms with Crippen molar-refractivity contribution < 1.29 is 18.0 Å². The number of hydrogen-bond acceptors (Lipinski definition) is 4. The molecule has 0 saturated carbocycles. The van der Waals surface area contributed by atoms with E-state index in [9.17, 15) is 18.0 Å². The van der Waals surface area contributed by atoms with Gasteiger partial charge in [-0.3, -0.25) is 13.9 Å². The molecule has 1 N–H and O–H groups in total. The molecule has 39 heavy (non-hydrogen) atoms. The molecule has 3 aromatic rings. The van der Waals surface area contributed by atoms with Gasteiger partial charge in [-0.25, -0.2) is 8.42 Å². The Bertz CT molecular complexity index is 1410. The Labute approximate surface area is 236 Å². The van der Waals surface area contributed by atoms with E-state index in [4.69, 9.17) is 11.6 Å². The summed E-state index contributed by atoms with van der Waals surface area (Å²) < 4.78 is 29.0. The predicted octanol–water partition coefficient (Wildman–Crippen LogP) is 5.40. The number of carbonyl (C=O) groups excluding carboxylic acids is 2. The standard InChI is InChI=1S/C30H36ClN3O4S/c1-6-28(30(36)32-7-2)33(19-24-11-13-25(31)14-12-24)29(35)20-34(26-15-10-22(4)23(5)18-26)39(37,38)27-16-8-21(3)9-17-27/h8-18,28H,6-7,19-20H2,1-5H3,(H,32,36)/t28-/m0/s1. The Hall–Kier alpha value is -3.36. The minimum absolute atomic E-state index is 0.0825. The van der Waals surface area contributed by atoms with Crippen LogP contribution in [0.3, 0.4) is 0 Å². The maximum atomic E-state index is 14.0. The molecule has 2 amide bonds. The molecule has 0 aliphatic rings. The summed E-state index contributed by atoms with van der Waals surface area (Å²) in [5.74, 6) is -0.779. The lowest BCUT2D eigenvalue weighted by Gasteiger charge is -2.33. The number of sulfonamides is 1. The lowest BCUT2D eigenvalue weighted by atomic mass is 10.1. The molecule has 0 aromatic heterocycles. The van der Waals surface area contributed by atoms with Crippen LogP contribution in [0.1, 0.15) is 42.5 Å². The summed E-state index contributed by atoms with van der Waals surface area (Å²) in [7, 11) is -4.10. The van der Waals surface area contributed by atoms with E-state index in [-0.39, 0.29) is 17.3 Å². The van der Waals surface area contributed by atoms with Crippen molar-refractivity contribution >= 4 is 39.1 Å². The molecule has 1 atom stereocenters. The van der Waals surface area contributed by atoms with Gasteiger partial charge < -0.3 is 10.2 Å². The van der Waals surface area contributed by atoms with Crippen LogP contribution in [-0.2, 0) is 26.2 Å². The molecule has 208 valence electrons. The van der Waals surface area contributed by atoms with E-state index >= 15 is 0 Å². The Morgan fingerprint density at radius 3 is 2.10 bits per heavy atom. The van der Waals surface area contributed by atoms with E-state index in [1.54, 1.807) is 48.5 Å². The van der Waals surface area contributed by atoms with Crippen molar-refractivity contribution in [2.45, 2.75) is 58.5 Å². The average Bonchev–Trinajstić information content (AvgIpc) is 2.90. The molecular formula is C30H36ClN3O4S. The van der Waals surface area contributed by atoms with Crippen molar-refractivity contribution in [3.63, 3.8) is 0 Å². The van der Waals surface area contributed by atoms with Crippen LogP contribution in [0.5, 0.6) is 0 Å². The summed E-state index contributed by atoms with van der Waals surface area (Å²) in [5, 5.41) is 3.35. The molecule has 7 nitrogen and oxygen atoms in total. The van der Waals surface area contributed by atoms with Crippen LogP contribution in [0.4, 0.5) is 5.69 Å². The molecule has 0 heterocycles. The second-order valence-corrected chi connectivity index (χ2v) is 11.9. The smallest absolute Gasteiger partial charge is 0.264 e. The Morgan fingerprint density at radius 2 is 1.54 bits per heavy atom. The van der Waals surface area contributed by atoms with Crippen LogP contribution in [0, 0.1) is 20.8 Å². The Balaban J connectivity index is 2.08. The van der Waals surface area contributed by atoms with Gasteiger partial charge >= 0.3 is 0 Å². The van der Waals surface area contributed by atoms with Gasteiger partial charge in [0.2, 0.25) is 11.8 Å². The number of amides is 2. The fourth-order valence-electron chi connectivity index (χ4n) is 4.24. The highest BCUT2D eigenvalue weighted by Crippen LogP contribution is 2.27. The summed E-state index contributed by atoms with van der Waals surface area (Å²) in [6.45, 7) is 9.41. The molecule has 9 heteroatoms. The SMILES string of the molecule is CCNC(=O)[C@H](CC)N(Cc1ccc(Cl)cc1)C(=O)CN(c1ccc(C)c(C)c1)S(=O)(=O)c1ccc(C)cc1. The zero-order valence-corrected chi connectivity index (χ0v) is 24.6. The number of aryl methyl sites for hydroxylation is 3. The van der Waals surface area contributed by atoms with Gasteiger partial charge in [0, 0.05) is 18.1 Å². The van der Waals surface area contributed by atoms with E-state index in [0.717, 1.165) is 26.6 Å². The molecule has 3 rings (SSSR count). The van der Waals surface area contributed by atoms with Crippen molar-refractivity contribution in [2.75, 3.05) is 17.4 Å². The number of nitrogens with one attached hydrogen (secondary N) is 1. The van der Waals surface area contributed by atoms with Crippen LogP contribution in [0.2, 0.25) is 5.02 Å². The Morgan fingerprint density at radius 1 is 0.897 bits per heavy atom. The van der Waals surface area contributed by atoms with Gasteiger partial charge in [-0.1, -0.05) is 54.4 Å². The number of benzene rings is 3. The lowest BCUT2D eigenvalue weighted by Crippen LogP contribution is -2.52. The minimum atomic E-state index is -4.10. The van der Waals surface area contributed by atoms with Crippen LogP contribution >= 0.6 is 11.6 Å². The first-order valence-electron chi connectivity index (χ1n) is 13.0. The minimum Gasteiger partial charge on any atom is -0.355 e. The maximum Gasteiger partial charge on any atom is 0.264 e. The molecule has 0 bridgehead atoms. The van der Waals surface area contributed by atoms with E-state index in [0.29, 0.717) is 23.7 Å². The number of hydrogen-bond donors (Lipinski definition) is 1.